The molecular formula is C39H28. The molecule has 184 valence electrons. The van der Waals surface area contributed by atoms with Crippen molar-refractivity contribution in [2.24, 2.45) is 0 Å². The van der Waals surface area contributed by atoms with Gasteiger partial charge in [0, 0.05) is 5.41 Å². The van der Waals surface area contributed by atoms with Crippen molar-refractivity contribution in [2.75, 3.05) is 0 Å². The maximum absolute atomic E-state index is 2.46. The fraction of sp³-hybridized carbons (Fsp3) is 0.0769. The Morgan fingerprint density at radius 3 is 1.54 bits per heavy atom. The van der Waals surface area contributed by atoms with Gasteiger partial charge in [-0.1, -0.05) is 141 Å². The van der Waals surface area contributed by atoms with Crippen molar-refractivity contribution in [2.45, 2.75) is 19.3 Å². The van der Waals surface area contributed by atoms with Crippen LogP contribution in [0.5, 0.6) is 0 Å². The summed E-state index contributed by atoms with van der Waals surface area (Å²) in [4.78, 5) is 0. The van der Waals surface area contributed by atoms with Crippen LogP contribution in [-0.4, -0.2) is 0 Å². The van der Waals surface area contributed by atoms with E-state index in [0.29, 0.717) is 0 Å². The topological polar surface area (TPSA) is 0 Å². The minimum Gasteiger partial charge on any atom is -0.0622 e. The van der Waals surface area contributed by atoms with Crippen molar-refractivity contribution in [3.63, 3.8) is 0 Å². The maximum Gasteiger partial charge on any atom is 0.0165 e. The fourth-order valence-electron chi connectivity index (χ4n) is 7.07. The van der Waals surface area contributed by atoms with Crippen LogP contribution in [0.4, 0.5) is 0 Å². The van der Waals surface area contributed by atoms with Crippen molar-refractivity contribution >= 4 is 32.3 Å². The highest BCUT2D eigenvalue weighted by Gasteiger charge is 2.38. The third-order valence-electron chi connectivity index (χ3n) is 8.84. The van der Waals surface area contributed by atoms with Gasteiger partial charge in [0.15, 0.2) is 0 Å². The molecule has 0 aromatic heterocycles. The van der Waals surface area contributed by atoms with Crippen LogP contribution in [-0.2, 0) is 5.41 Å². The van der Waals surface area contributed by atoms with E-state index in [1.54, 1.807) is 0 Å². The molecular weight excluding hydrogens is 468 g/mol. The minimum absolute atomic E-state index is 0.107. The number of hydrogen-bond acceptors (Lipinski definition) is 0. The van der Waals surface area contributed by atoms with Crippen molar-refractivity contribution in [1.82, 2.24) is 0 Å². The van der Waals surface area contributed by atoms with Crippen LogP contribution in [0.1, 0.15) is 25.0 Å². The summed E-state index contributed by atoms with van der Waals surface area (Å²) in [7, 11) is 0. The maximum atomic E-state index is 2.46. The first-order valence-electron chi connectivity index (χ1n) is 13.8. The molecule has 0 heterocycles. The molecule has 0 bridgehead atoms. The highest BCUT2D eigenvalue weighted by molar-refractivity contribution is 6.18. The van der Waals surface area contributed by atoms with E-state index in [0.717, 1.165) is 0 Å². The van der Waals surface area contributed by atoms with Crippen LogP contribution >= 0.6 is 0 Å². The third kappa shape index (κ3) is 3.12. The molecule has 0 fully saturated rings. The second-order valence-electron chi connectivity index (χ2n) is 11.3. The van der Waals surface area contributed by atoms with Crippen LogP contribution in [0.25, 0.3) is 65.7 Å². The van der Waals surface area contributed by atoms with Crippen LogP contribution in [0.15, 0.2) is 133 Å². The van der Waals surface area contributed by atoms with Crippen LogP contribution in [0.2, 0.25) is 0 Å². The summed E-state index contributed by atoms with van der Waals surface area (Å²) in [5.74, 6) is 0. The van der Waals surface area contributed by atoms with Gasteiger partial charge in [-0.15, -0.1) is 0 Å². The molecule has 0 radical (unpaired) electrons. The monoisotopic (exact) mass is 496 g/mol. The average Bonchev–Trinajstić information content (AvgIpc) is 3.24. The van der Waals surface area contributed by atoms with Gasteiger partial charge in [-0.2, -0.15) is 0 Å². The Hall–Kier alpha value is -4.68. The zero-order valence-corrected chi connectivity index (χ0v) is 22.2. The Bertz CT molecular complexity index is 2080. The minimum atomic E-state index is -0.107. The number of benzene rings is 7. The molecule has 0 aliphatic heterocycles. The highest BCUT2D eigenvalue weighted by atomic mass is 14.4. The zero-order chi connectivity index (χ0) is 26.1. The average molecular weight is 497 g/mol. The third-order valence-corrected chi connectivity index (χ3v) is 8.84. The van der Waals surface area contributed by atoms with Crippen molar-refractivity contribution in [3.05, 3.63) is 145 Å². The van der Waals surface area contributed by atoms with Gasteiger partial charge in [0.2, 0.25) is 0 Å². The molecule has 39 heavy (non-hydrogen) atoms. The van der Waals surface area contributed by atoms with Gasteiger partial charge in [-0.25, -0.2) is 0 Å². The Balaban J connectivity index is 1.38. The van der Waals surface area contributed by atoms with Crippen LogP contribution < -0.4 is 0 Å². The molecule has 8 rings (SSSR count). The number of rotatable bonds is 2. The van der Waals surface area contributed by atoms with Gasteiger partial charge in [-0.05, 0) is 82.9 Å². The summed E-state index contributed by atoms with van der Waals surface area (Å²) >= 11 is 0. The van der Waals surface area contributed by atoms with E-state index >= 15 is 0 Å². The summed E-state index contributed by atoms with van der Waals surface area (Å²) < 4.78 is 0. The van der Waals surface area contributed by atoms with E-state index in [1.165, 1.54) is 76.8 Å². The molecule has 1 aliphatic rings. The Morgan fingerprint density at radius 1 is 0.385 bits per heavy atom. The lowest BCUT2D eigenvalue weighted by Gasteiger charge is -2.24. The van der Waals surface area contributed by atoms with Crippen LogP contribution in [0, 0.1) is 0 Å². The molecule has 0 amide bonds. The lowest BCUT2D eigenvalue weighted by molar-refractivity contribution is 0.667. The normalized spacial score (nSPS) is 13.6. The lowest BCUT2D eigenvalue weighted by atomic mass is 9.78. The summed E-state index contributed by atoms with van der Waals surface area (Å²) in [5.41, 5.74) is 10.6. The molecule has 7 aromatic rings. The van der Waals surface area contributed by atoms with E-state index < -0.39 is 0 Å². The van der Waals surface area contributed by atoms with Gasteiger partial charge in [-0.3, -0.25) is 0 Å². The standard InChI is InChI=1S/C39H28/c1-39(2)36-24-26(28-23-22-27(25-12-4-3-5-13-25)29-14-6-7-15-30(28)29)20-21-35(36)37-33-18-10-8-16-31(33)32-17-9-11-19-34(32)38(37)39/h3-24H,1-2H3. The number of fused-ring (bicyclic) bond motifs is 9. The molecule has 0 atom stereocenters. The first-order valence-corrected chi connectivity index (χ1v) is 13.8. The van der Waals surface area contributed by atoms with E-state index in [4.69, 9.17) is 0 Å². The van der Waals surface area contributed by atoms with Gasteiger partial charge >= 0.3 is 0 Å². The Morgan fingerprint density at radius 2 is 0.872 bits per heavy atom. The highest BCUT2D eigenvalue weighted by Crippen LogP contribution is 2.55. The Labute approximate surface area is 229 Å². The molecule has 0 spiro atoms. The van der Waals surface area contributed by atoms with Gasteiger partial charge < -0.3 is 0 Å². The van der Waals surface area contributed by atoms with E-state index in [9.17, 15) is 0 Å². The molecule has 0 nitrogen and oxygen atoms in total. The Kier molecular flexibility index (Phi) is 4.67. The van der Waals surface area contributed by atoms with E-state index in [1.807, 2.05) is 0 Å². The molecule has 7 aromatic carbocycles. The first kappa shape index (κ1) is 22.3. The lowest BCUT2D eigenvalue weighted by Crippen LogP contribution is -2.15. The van der Waals surface area contributed by atoms with Crippen molar-refractivity contribution in [3.8, 4) is 33.4 Å². The molecule has 1 aliphatic carbocycles. The van der Waals surface area contributed by atoms with Crippen molar-refractivity contribution < 1.29 is 0 Å². The molecule has 0 saturated heterocycles. The zero-order valence-electron chi connectivity index (χ0n) is 22.2. The van der Waals surface area contributed by atoms with E-state index in [2.05, 4.69) is 147 Å². The molecule has 0 heteroatoms. The van der Waals surface area contributed by atoms with Gasteiger partial charge in [0.05, 0.1) is 0 Å². The van der Waals surface area contributed by atoms with Gasteiger partial charge in [0.25, 0.3) is 0 Å². The van der Waals surface area contributed by atoms with Gasteiger partial charge in [0.1, 0.15) is 0 Å². The first-order chi connectivity index (χ1) is 19.1. The smallest absolute Gasteiger partial charge is 0.0165 e. The summed E-state index contributed by atoms with van der Waals surface area (Å²) in [6.45, 7) is 4.80. The van der Waals surface area contributed by atoms with Crippen LogP contribution in [0.3, 0.4) is 0 Å². The summed E-state index contributed by atoms with van der Waals surface area (Å²) in [6.07, 6.45) is 0. The summed E-state index contributed by atoms with van der Waals surface area (Å²) in [6, 6.07) is 49.2. The fourth-order valence-corrected chi connectivity index (χ4v) is 7.07. The second-order valence-corrected chi connectivity index (χ2v) is 11.3. The second kappa shape index (κ2) is 8.16. The number of hydrogen-bond donors (Lipinski definition) is 0. The largest absolute Gasteiger partial charge is 0.0622 e. The molecule has 0 saturated carbocycles. The SMILES string of the molecule is CC1(C)c2cc(-c3ccc(-c4ccccc4)c4ccccc34)ccc2-c2c1c1ccccc1c1ccccc21. The van der Waals surface area contributed by atoms with E-state index in [-0.39, 0.29) is 5.41 Å². The predicted octanol–water partition coefficient (Wildman–Crippen LogP) is 10.8. The predicted molar refractivity (Wildman–Crippen MR) is 167 cm³/mol. The quantitative estimate of drug-likeness (QED) is 0.209. The van der Waals surface area contributed by atoms with Crippen molar-refractivity contribution in [1.29, 1.82) is 0 Å². The molecule has 0 unspecified atom stereocenters. The summed E-state index contributed by atoms with van der Waals surface area (Å²) in [5, 5.41) is 7.98. The molecule has 0 N–H and O–H groups in total.